The van der Waals surface area contributed by atoms with Crippen molar-refractivity contribution in [3.8, 4) is 22.3 Å². The quantitative estimate of drug-likeness (QED) is 0.202. The average Bonchev–Trinajstić information content (AvgIpc) is 3.28. The van der Waals surface area contributed by atoms with Gasteiger partial charge in [-0.05, 0) is 97.4 Å². The van der Waals surface area contributed by atoms with Gasteiger partial charge >= 0.3 is 0 Å². The Bertz CT molecular complexity index is 2050. The standard InChI is InChI=1S/C41H31N/c1-41(2)38-26-25-35-34-16-10-9-11-29(34)19-23-36(35)40(38)37-24-20-30(27-39(37)41)28-17-21-33(22-18-28)42(31-12-5-3-6-13-31)32-14-7-4-8-15-32/h3-27H,1-2H3. The lowest BCUT2D eigenvalue weighted by Crippen LogP contribution is -2.15. The van der Waals surface area contributed by atoms with E-state index in [1.165, 1.54) is 54.9 Å². The second-order valence-corrected chi connectivity index (χ2v) is 11.8. The highest BCUT2D eigenvalue weighted by atomic mass is 15.1. The maximum atomic E-state index is 2.42. The number of rotatable bonds is 4. The summed E-state index contributed by atoms with van der Waals surface area (Å²) >= 11 is 0. The Labute approximate surface area is 247 Å². The Morgan fingerprint density at radius 2 is 1.02 bits per heavy atom. The lowest BCUT2D eigenvalue weighted by molar-refractivity contribution is 0.661. The summed E-state index contributed by atoms with van der Waals surface area (Å²) in [4.78, 5) is 2.31. The summed E-state index contributed by atoms with van der Waals surface area (Å²) in [6, 6.07) is 55.2. The highest BCUT2D eigenvalue weighted by Gasteiger charge is 2.36. The molecule has 0 amide bonds. The molecule has 0 aliphatic heterocycles. The number of para-hydroxylation sites is 2. The van der Waals surface area contributed by atoms with E-state index in [9.17, 15) is 0 Å². The molecular weight excluding hydrogens is 506 g/mol. The van der Waals surface area contributed by atoms with Gasteiger partial charge in [0.15, 0.2) is 0 Å². The lowest BCUT2D eigenvalue weighted by Gasteiger charge is -2.25. The molecule has 1 aliphatic carbocycles. The Morgan fingerprint density at radius 3 is 1.74 bits per heavy atom. The summed E-state index contributed by atoms with van der Waals surface area (Å²) in [6.07, 6.45) is 0. The van der Waals surface area contributed by atoms with Gasteiger partial charge in [-0.1, -0.05) is 123 Å². The minimum Gasteiger partial charge on any atom is -0.311 e. The predicted octanol–water partition coefficient (Wildman–Crippen LogP) is 11.4. The highest BCUT2D eigenvalue weighted by Crippen LogP contribution is 2.52. The first kappa shape index (κ1) is 24.6. The Balaban J connectivity index is 1.21. The first-order chi connectivity index (χ1) is 20.6. The molecule has 0 heterocycles. The van der Waals surface area contributed by atoms with Gasteiger partial charge in [0.05, 0.1) is 0 Å². The van der Waals surface area contributed by atoms with Crippen LogP contribution in [0.25, 0.3) is 43.8 Å². The zero-order valence-corrected chi connectivity index (χ0v) is 23.9. The largest absolute Gasteiger partial charge is 0.311 e. The molecule has 8 rings (SSSR count). The Morgan fingerprint density at radius 1 is 0.429 bits per heavy atom. The maximum Gasteiger partial charge on any atom is 0.0462 e. The summed E-state index contributed by atoms with van der Waals surface area (Å²) < 4.78 is 0. The van der Waals surface area contributed by atoms with Crippen molar-refractivity contribution in [1.82, 2.24) is 0 Å². The summed E-state index contributed by atoms with van der Waals surface area (Å²) in [5, 5.41) is 5.29. The average molecular weight is 538 g/mol. The van der Waals surface area contributed by atoms with Crippen molar-refractivity contribution < 1.29 is 0 Å². The molecule has 1 heteroatoms. The normalized spacial score (nSPS) is 13.2. The molecule has 42 heavy (non-hydrogen) atoms. The van der Waals surface area contributed by atoms with Gasteiger partial charge in [-0.2, -0.15) is 0 Å². The van der Waals surface area contributed by atoms with Crippen LogP contribution in [0.5, 0.6) is 0 Å². The number of fused-ring (bicyclic) bond motifs is 7. The van der Waals surface area contributed by atoms with Gasteiger partial charge in [0.1, 0.15) is 0 Å². The molecule has 7 aromatic carbocycles. The van der Waals surface area contributed by atoms with Gasteiger partial charge in [-0.15, -0.1) is 0 Å². The monoisotopic (exact) mass is 537 g/mol. The van der Waals surface area contributed by atoms with Crippen molar-refractivity contribution in [3.05, 3.63) is 163 Å². The zero-order chi connectivity index (χ0) is 28.3. The van der Waals surface area contributed by atoms with Crippen LogP contribution in [-0.2, 0) is 5.41 Å². The third-order valence-corrected chi connectivity index (χ3v) is 9.05. The molecule has 0 fully saturated rings. The van der Waals surface area contributed by atoms with Gasteiger partial charge in [0.2, 0.25) is 0 Å². The summed E-state index contributed by atoms with van der Waals surface area (Å²) in [5.74, 6) is 0. The maximum absolute atomic E-state index is 2.42. The molecule has 0 aromatic heterocycles. The summed E-state index contributed by atoms with van der Waals surface area (Å²) in [7, 11) is 0. The molecule has 1 nitrogen and oxygen atoms in total. The Hall–Kier alpha value is -5.14. The first-order valence-electron chi connectivity index (χ1n) is 14.7. The van der Waals surface area contributed by atoms with E-state index in [1.807, 2.05) is 0 Å². The fourth-order valence-corrected chi connectivity index (χ4v) is 6.91. The van der Waals surface area contributed by atoms with Crippen LogP contribution in [0.15, 0.2) is 152 Å². The number of hydrogen-bond donors (Lipinski definition) is 0. The van der Waals surface area contributed by atoms with E-state index in [0.717, 1.165) is 17.1 Å². The van der Waals surface area contributed by atoms with E-state index < -0.39 is 0 Å². The molecule has 0 N–H and O–H groups in total. The van der Waals surface area contributed by atoms with Crippen molar-refractivity contribution in [1.29, 1.82) is 0 Å². The van der Waals surface area contributed by atoms with Crippen molar-refractivity contribution in [2.24, 2.45) is 0 Å². The molecule has 0 atom stereocenters. The van der Waals surface area contributed by atoms with Gasteiger partial charge in [-0.3, -0.25) is 0 Å². The van der Waals surface area contributed by atoms with Gasteiger partial charge < -0.3 is 4.90 Å². The second kappa shape index (κ2) is 9.46. The predicted molar refractivity (Wildman–Crippen MR) is 179 cm³/mol. The minimum absolute atomic E-state index is 0.0716. The van der Waals surface area contributed by atoms with Gasteiger partial charge in [-0.25, -0.2) is 0 Å². The van der Waals surface area contributed by atoms with Crippen molar-refractivity contribution >= 4 is 38.6 Å². The van der Waals surface area contributed by atoms with Gasteiger partial charge in [0.25, 0.3) is 0 Å². The molecule has 7 aromatic rings. The fourth-order valence-electron chi connectivity index (χ4n) is 6.91. The van der Waals surface area contributed by atoms with Crippen LogP contribution in [0.3, 0.4) is 0 Å². The molecular formula is C41H31N. The number of nitrogens with zero attached hydrogens (tertiary/aromatic N) is 1. The van der Waals surface area contributed by atoms with E-state index in [-0.39, 0.29) is 5.41 Å². The van der Waals surface area contributed by atoms with Crippen molar-refractivity contribution in [3.63, 3.8) is 0 Å². The Kier molecular flexibility index (Phi) is 5.55. The topological polar surface area (TPSA) is 3.24 Å². The molecule has 1 aliphatic rings. The first-order valence-corrected chi connectivity index (χ1v) is 14.7. The third-order valence-electron chi connectivity index (χ3n) is 9.05. The molecule has 0 spiro atoms. The summed E-state index contributed by atoms with van der Waals surface area (Å²) in [6.45, 7) is 4.74. The van der Waals surface area contributed by atoms with Crippen LogP contribution < -0.4 is 4.90 Å². The summed E-state index contributed by atoms with van der Waals surface area (Å²) in [5.41, 5.74) is 11.4. The van der Waals surface area contributed by atoms with Crippen molar-refractivity contribution in [2.75, 3.05) is 4.90 Å². The SMILES string of the molecule is CC1(C)c2cc(-c3ccc(N(c4ccccc4)c4ccccc4)cc3)ccc2-c2c1ccc1c2ccc2ccccc21. The van der Waals surface area contributed by atoms with Crippen LogP contribution in [0, 0.1) is 0 Å². The van der Waals surface area contributed by atoms with Crippen LogP contribution in [0.2, 0.25) is 0 Å². The minimum atomic E-state index is -0.0716. The third kappa shape index (κ3) is 3.78. The van der Waals surface area contributed by atoms with E-state index in [2.05, 4.69) is 170 Å². The van der Waals surface area contributed by atoms with Crippen LogP contribution in [0.4, 0.5) is 17.1 Å². The van der Waals surface area contributed by atoms with E-state index in [1.54, 1.807) is 0 Å². The van der Waals surface area contributed by atoms with E-state index in [4.69, 9.17) is 0 Å². The molecule has 0 radical (unpaired) electrons. The molecule has 0 bridgehead atoms. The molecule has 200 valence electrons. The number of hydrogen-bond acceptors (Lipinski definition) is 1. The van der Waals surface area contributed by atoms with Crippen LogP contribution >= 0.6 is 0 Å². The lowest BCUT2D eigenvalue weighted by atomic mass is 9.81. The van der Waals surface area contributed by atoms with E-state index in [0.29, 0.717) is 0 Å². The zero-order valence-electron chi connectivity index (χ0n) is 23.9. The highest BCUT2D eigenvalue weighted by molar-refractivity contribution is 6.14. The molecule has 0 unspecified atom stereocenters. The van der Waals surface area contributed by atoms with Crippen LogP contribution in [0.1, 0.15) is 25.0 Å². The van der Waals surface area contributed by atoms with Crippen LogP contribution in [-0.4, -0.2) is 0 Å². The smallest absolute Gasteiger partial charge is 0.0462 e. The number of benzene rings is 7. The fraction of sp³-hybridized carbons (Fsp3) is 0.0732. The van der Waals surface area contributed by atoms with Crippen molar-refractivity contribution in [2.45, 2.75) is 19.3 Å². The van der Waals surface area contributed by atoms with Gasteiger partial charge in [0, 0.05) is 22.5 Å². The molecule has 0 saturated heterocycles. The van der Waals surface area contributed by atoms with E-state index >= 15 is 0 Å². The number of anilines is 3. The molecule has 0 saturated carbocycles. The second-order valence-electron chi connectivity index (χ2n) is 11.8.